The van der Waals surface area contributed by atoms with Crippen molar-refractivity contribution in [3.8, 4) is 0 Å². The van der Waals surface area contributed by atoms with Gasteiger partial charge in [0.25, 0.3) is 0 Å². The molecule has 4 heteroatoms. The number of benzene rings is 2. The fourth-order valence-electron chi connectivity index (χ4n) is 1.57. The molecule has 0 fully saturated rings. The van der Waals surface area contributed by atoms with Gasteiger partial charge in [0, 0.05) is 11.8 Å². The van der Waals surface area contributed by atoms with E-state index in [4.69, 9.17) is 5.73 Å². The van der Waals surface area contributed by atoms with Crippen molar-refractivity contribution in [3.05, 3.63) is 53.6 Å². The Hall–Kier alpha value is -2.10. The minimum atomic E-state index is -0.764. The van der Waals surface area contributed by atoms with Gasteiger partial charge in [-0.1, -0.05) is 12.1 Å². The Morgan fingerprint density at radius 3 is 2.59 bits per heavy atom. The van der Waals surface area contributed by atoms with Gasteiger partial charge in [-0.2, -0.15) is 0 Å². The predicted molar refractivity (Wildman–Crippen MR) is 65.2 cm³/mol. The summed E-state index contributed by atoms with van der Waals surface area (Å²) in [6.45, 7) is 1.93. The van der Waals surface area contributed by atoms with Crippen molar-refractivity contribution in [2.45, 2.75) is 6.92 Å². The van der Waals surface area contributed by atoms with Crippen molar-refractivity contribution in [1.82, 2.24) is 0 Å². The van der Waals surface area contributed by atoms with Crippen LogP contribution in [0.4, 0.5) is 25.8 Å². The smallest absolute Gasteiger partial charge is 0.151 e. The lowest BCUT2D eigenvalue weighted by Crippen LogP contribution is -2.00. The molecule has 0 aliphatic heterocycles. The first-order chi connectivity index (χ1) is 8.06. The van der Waals surface area contributed by atoms with Gasteiger partial charge in [0.1, 0.15) is 5.82 Å². The molecule has 0 radical (unpaired) electrons. The Morgan fingerprint density at radius 2 is 1.88 bits per heavy atom. The summed E-state index contributed by atoms with van der Waals surface area (Å²) in [6.07, 6.45) is 0. The van der Waals surface area contributed by atoms with E-state index in [2.05, 4.69) is 5.32 Å². The van der Waals surface area contributed by atoms with Crippen LogP contribution in [-0.2, 0) is 0 Å². The van der Waals surface area contributed by atoms with Gasteiger partial charge >= 0.3 is 0 Å². The first-order valence-electron chi connectivity index (χ1n) is 5.14. The summed E-state index contributed by atoms with van der Waals surface area (Å²) in [5, 5.41) is 2.89. The quantitative estimate of drug-likeness (QED) is 0.779. The molecule has 2 aromatic rings. The molecular formula is C13H12F2N2. The van der Waals surface area contributed by atoms with Gasteiger partial charge in [-0.05, 0) is 30.7 Å². The molecule has 0 aliphatic rings. The molecule has 0 heterocycles. The lowest BCUT2D eigenvalue weighted by molar-refractivity contribution is 0.587. The Bertz CT molecular complexity index is 553. The molecule has 17 heavy (non-hydrogen) atoms. The molecule has 0 aliphatic carbocycles. The Morgan fingerprint density at radius 1 is 1.12 bits per heavy atom. The normalized spacial score (nSPS) is 10.3. The second-order valence-corrected chi connectivity index (χ2v) is 3.84. The van der Waals surface area contributed by atoms with Crippen LogP contribution in [0.15, 0.2) is 36.4 Å². The third kappa shape index (κ3) is 2.53. The van der Waals surface area contributed by atoms with Crippen LogP contribution in [-0.4, -0.2) is 0 Å². The molecule has 2 aromatic carbocycles. The number of anilines is 3. The average Bonchev–Trinajstić information content (AvgIpc) is 2.25. The minimum Gasteiger partial charge on any atom is -0.395 e. The molecular weight excluding hydrogens is 222 g/mol. The van der Waals surface area contributed by atoms with E-state index in [1.54, 1.807) is 6.07 Å². The van der Waals surface area contributed by atoms with Crippen LogP contribution in [0.25, 0.3) is 0 Å². The Kier molecular flexibility index (Phi) is 2.95. The van der Waals surface area contributed by atoms with Crippen molar-refractivity contribution in [2.75, 3.05) is 11.1 Å². The Labute approximate surface area is 98.1 Å². The van der Waals surface area contributed by atoms with Crippen molar-refractivity contribution < 1.29 is 8.78 Å². The molecule has 0 atom stereocenters. The van der Waals surface area contributed by atoms with Crippen LogP contribution in [0.3, 0.4) is 0 Å². The molecule has 2 nitrogen and oxygen atoms in total. The van der Waals surface area contributed by atoms with Crippen molar-refractivity contribution in [1.29, 1.82) is 0 Å². The van der Waals surface area contributed by atoms with E-state index in [9.17, 15) is 8.78 Å². The largest absolute Gasteiger partial charge is 0.395 e. The van der Waals surface area contributed by atoms with E-state index in [0.717, 1.165) is 17.3 Å². The highest BCUT2D eigenvalue weighted by Gasteiger charge is 2.08. The summed E-state index contributed by atoms with van der Waals surface area (Å²) in [6, 6.07) is 9.37. The van der Waals surface area contributed by atoms with Crippen LogP contribution in [0.2, 0.25) is 0 Å². The zero-order valence-corrected chi connectivity index (χ0v) is 9.30. The summed E-state index contributed by atoms with van der Waals surface area (Å²) in [5.41, 5.74) is 7.46. The first kappa shape index (κ1) is 11.4. The highest BCUT2D eigenvalue weighted by atomic mass is 19.1. The first-order valence-corrected chi connectivity index (χ1v) is 5.14. The maximum absolute atomic E-state index is 13.2. The van der Waals surface area contributed by atoms with Gasteiger partial charge in [0.2, 0.25) is 0 Å². The van der Waals surface area contributed by atoms with Gasteiger partial charge in [0.15, 0.2) is 5.82 Å². The number of nitrogen functional groups attached to an aromatic ring is 1. The molecule has 0 amide bonds. The highest BCUT2D eigenvalue weighted by molar-refractivity contribution is 5.73. The zero-order chi connectivity index (χ0) is 12.4. The standard InChI is InChI=1S/C13H12F2N2/c1-8-3-2-4-10(5-8)17-12-7-9(14)6-11(15)13(12)16/h2-7,17H,16H2,1H3. The number of halogens is 2. The summed E-state index contributed by atoms with van der Waals surface area (Å²) in [7, 11) is 0. The maximum Gasteiger partial charge on any atom is 0.151 e. The molecule has 0 spiro atoms. The Balaban J connectivity index is 2.36. The second kappa shape index (κ2) is 4.41. The number of hydrogen-bond acceptors (Lipinski definition) is 2. The summed E-state index contributed by atoms with van der Waals surface area (Å²) in [5.74, 6) is -1.42. The number of rotatable bonds is 2. The van der Waals surface area contributed by atoms with Crippen molar-refractivity contribution in [3.63, 3.8) is 0 Å². The number of nitrogens with one attached hydrogen (secondary N) is 1. The molecule has 0 aromatic heterocycles. The minimum absolute atomic E-state index is 0.0899. The zero-order valence-electron chi connectivity index (χ0n) is 9.30. The maximum atomic E-state index is 13.2. The fraction of sp³-hybridized carbons (Fsp3) is 0.0769. The molecule has 0 saturated heterocycles. The lowest BCUT2D eigenvalue weighted by atomic mass is 10.2. The summed E-state index contributed by atoms with van der Waals surface area (Å²) < 4.78 is 26.3. The molecule has 88 valence electrons. The topological polar surface area (TPSA) is 38.0 Å². The van der Waals surface area contributed by atoms with E-state index in [1.807, 2.05) is 25.1 Å². The average molecular weight is 234 g/mol. The predicted octanol–water partition coefficient (Wildman–Crippen LogP) is 3.60. The number of hydrogen-bond donors (Lipinski definition) is 2. The van der Waals surface area contributed by atoms with Gasteiger partial charge in [-0.25, -0.2) is 8.78 Å². The van der Waals surface area contributed by atoms with Crippen molar-refractivity contribution >= 4 is 17.1 Å². The summed E-state index contributed by atoms with van der Waals surface area (Å²) in [4.78, 5) is 0. The van der Waals surface area contributed by atoms with E-state index in [1.165, 1.54) is 6.07 Å². The third-order valence-corrected chi connectivity index (χ3v) is 2.39. The monoisotopic (exact) mass is 234 g/mol. The molecule has 2 rings (SSSR count). The van der Waals surface area contributed by atoms with E-state index >= 15 is 0 Å². The van der Waals surface area contributed by atoms with E-state index in [-0.39, 0.29) is 11.4 Å². The van der Waals surface area contributed by atoms with Gasteiger partial charge < -0.3 is 11.1 Å². The lowest BCUT2D eigenvalue weighted by Gasteiger charge is -2.10. The second-order valence-electron chi connectivity index (χ2n) is 3.84. The van der Waals surface area contributed by atoms with E-state index in [0.29, 0.717) is 0 Å². The molecule has 0 bridgehead atoms. The van der Waals surface area contributed by atoms with Gasteiger partial charge in [-0.3, -0.25) is 0 Å². The third-order valence-electron chi connectivity index (χ3n) is 2.39. The van der Waals surface area contributed by atoms with Gasteiger partial charge in [0.05, 0.1) is 11.4 Å². The number of aryl methyl sites for hydroxylation is 1. The van der Waals surface area contributed by atoms with Gasteiger partial charge in [-0.15, -0.1) is 0 Å². The van der Waals surface area contributed by atoms with E-state index < -0.39 is 11.6 Å². The molecule has 3 N–H and O–H groups in total. The highest BCUT2D eigenvalue weighted by Crippen LogP contribution is 2.27. The van der Waals surface area contributed by atoms with Crippen LogP contribution in [0.5, 0.6) is 0 Å². The van der Waals surface area contributed by atoms with Crippen molar-refractivity contribution in [2.24, 2.45) is 0 Å². The molecule has 0 saturated carbocycles. The number of nitrogens with two attached hydrogens (primary N) is 1. The SMILES string of the molecule is Cc1cccc(Nc2cc(F)cc(F)c2N)c1. The molecule has 0 unspecified atom stereocenters. The van der Waals surface area contributed by atoms with Crippen LogP contribution >= 0.6 is 0 Å². The fourth-order valence-corrected chi connectivity index (χ4v) is 1.57. The van der Waals surface area contributed by atoms with Crippen LogP contribution in [0.1, 0.15) is 5.56 Å². The summed E-state index contributed by atoms with van der Waals surface area (Å²) >= 11 is 0. The van der Waals surface area contributed by atoms with Crippen LogP contribution < -0.4 is 11.1 Å². The van der Waals surface area contributed by atoms with Crippen LogP contribution in [0, 0.1) is 18.6 Å².